The van der Waals surface area contributed by atoms with Gasteiger partial charge in [0.2, 0.25) is 11.2 Å². The third-order valence-corrected chi connectivity index (χ3v) is 14.2. The third kappa shape index (κ3) is 4.31. The molecule has 0 amide bonds. The highest BCUT2D eigenvalue weighted by atomic mass is 16.7. The van der Waals surface area contributed by atoms with E-state index in [-0.39, 0.29) is 29.7 Å². The Balaban J connectivity index is 1.36. The molecule has 4 heterocycles. The monoisotopic (exact) mass is 707 g/mol. The van der Waals surface area contributed by atoms with Crippen LogP contribution in [0.15, 0.2) is 27.4 Å². The highest BCUT2D eigenvalue weighted by molar-refractivity contribution is 5.95. The summed E-state index contributed by atoms with van der Waals surface area (Å²) < 4.78 is 37.1. The van der Waals surface area contributed by atoms with Crippen LogP contribution in [-0.2, 0) is 44.7 Å². The van der Waals surface area contributed by atoms with Crippen LogP contribution in [0.1, 0.15) is 112 Å². The lowest BCUT2D eigenvalue weighted by Crippen LogP contribution is -2.57. The highest BCUT2D eigenvalue weighted by Crippen LogP contribution is 2.67. The first-order valence-corrected chi connectivity index (χ1v) is 18.1. The Morgan fingerprint density at radius 2 is 1.29 bits per heavy atom. The van der Waals surface area contributed by atoms with E-state index in [1.807, 2.05) is 41.5 Å². The smallest absolute Gasteiger partial charge is 0.351 e. The molecular formula is C39H49NO11. The quantitative estimate of drug-likeness (QED) is 0.193. The van der Waals surface area contributed by atoms with Gasteiger partial charge in [-0.15, -0.1) is 0 Å². The summed E-state index contributed by atoms with van der Waals surface area (Å²) in [7, 11) is 0. The van der Waals surface area contributed by atoms with Crippen LogP contribution in [0.4, 0.5) is 0 Å². The van der Waals surface area contributed by atoms with Crippen LogP contribution in [0.25, 0.3) is 11.0 Å². The van der Waals surface area contributed by atoms with Gasteiger partial charge < -0.3 is 28.1 Å². The Kier molecular flexibility index (Phi) is 7.51. The fourth-order valence-electron chi connectivity index (χ4n) is 9.39. The van der Waals surface area contributed by atoms with Crippen LogP contribution in [0.3, 0.4) is 0 Å². The van der Waals surface area contributed by atoms with Gasteiger partial charge in [-0.25, -0.2) is 14.4 Å². The van der Waals surface area contributed by atoms with Gasteiger partial charge in [0, 0.05) is 22.8 Å². The summed E-state index contributed by atoms with van der Waals surface area (Å²) in [5.41, 5.74) is -7.91. The minimum atomic E-state index is -1.60. The van der Waals surface area contributed by atoms with Crippen LogP contribution in [0, 0.1) is 21.7 Å². The predicted molar refractivity (Wildman–Crippen MR) is 182 cm³/mol. The van der Waals surface area contributed by atoms with E-state index in [2.05, 4.69) is 4.90 Å². The molecule has 2 aliphatic carbocycles. The number of fused-ring (bicyclic) bond motifs is 7. The van der Waals surface area contributed by atoms with Crippen molar-refractivity contribution in [2.24, 2.45) is 21.7 Å². The fraction of sp³-hybridized carbons (Fsp3) is 0.667. The zero-order chi connectivity index (χ0) is 37.3. The molecule has 0 spiro atoms. The lowest BCUT2D eigenvalue weighted by atomic mass is 9.66. The van der Waals surface area contributed by atoms with Crippen LogP contribution < -0.4 is 10.4 Å². The van der Waals surface area contributed by atoms with Crippen molar-refractivity contribution in [2.45, 2.75) is 130 Å². The molecule has 0 radical (unpaired) electrons. The Morgan fingerprint density at radius 3 is 1.76 bits per heavy atom. The molecule has 2 aromatic rings. The third-order valence-electron chi connectivity index (χ3n) is 14.2. The summed E-state index contributed by atoms with van der Waals surface area (Å²) in [5, 5.41) is 0.556. The summed E-state index contributed by atoms with van der Waals surface area (Å²) in [5.74, 6) is -2.25. The first kappa shape index (κ1) is 35.5. The molecule has 3 aliphatic heterocycles. The number of esters is 4. The number of carbonyl (C=O) groups is 4. The molecule has 12 nitrogen and oxygen atoms in total. The van der Waals surface area contributed by atoms with E-state index < -0.39 is 80.2 Å². The minimum Gasteiger partial charge on any atom is -0.483 e. The van der Waals surface area contributed by atoms with Crippen molar-refractivity contribution in [3.8, 4) is 5.75 Å². The SMILES string of the molecule is CCN(CC)Cc1cc2ccc3c(c2oc1=O)[C@@H](OC(=O)[C@@]12CC[C@@](C)(C(=O)O1)C2(C)C)[C@@H](OC(=O)[C@@]12CC[C@@](C)(C(=O)O1)C2(C)C)C(C)(C)O3. The van der Waals surface area contributed by atoms with E-state index in [9.17, 15) is 24.0 Å². The van der Waals surface area contributed by atoms with Gasteiger partial charge in [-0.2, -0.15) is 0 Å². The van der Waals surface area contributed by atoms with Crippen LogP contribution in [0.5, 0.6) is 5.75 Å². The predicted octanol–water partition coefficient (Wildman–Crippen LogP) is 5.55. The molecule has 7 rings (SSSR count). The number of rotatable bonds is 8. The summed E-state index contributed by atoms with van der Waals surface area (Å²) in [6.07, 6.45) is -1.31. The Labute approximate surface area is 297 Å². The summed E-state index contributed by atoms with van der Waals surface area (Å²) in [6, 6.07) is 5.24. The van der Waals surface area contributed by atoms with Crippen molar-refractivity contribution in [3.05, 3.63) is 39.7 Å². The molecule has 1 aromatic heterocycles. The lowest BCUT2D eigenvalue weighted by Gasteiger charge is -2.45. The normalized spacial score (nSPS) is 35.0. The second-order valence-electron chi connectivity index (χ2n) is 17.1. The van der Waals surface area contributed by atoms with E-state index in [1.54, 1.807) is 45.9 Å². The van der Waals surface area contributed by atoms with Gasteiger partial charge in [0.05, 0.1) is 22.0 Å². The molecule has 1 aromatic carbocycles. The maximum absolute atomic E-state index is 14.6. The molecular weight excluding hydrogens is 658 g/mol. The average molecular weight is 708 g/mol. The Bertz CT molecular complexity index is 1940. The van der Waals surface area contributed by atoms with Gasteiger partial charge in [0.15, 0.2) is 12.2 Å². The first-order chi connectivity index (χ1) is 23.7. The van der Waals surface area contributed by atoms with Crippen molar-refractivity contribution in [1.82, 2.24) is 4.90 Å². The molecule has 12 heteroatoms. The Morgan fingerprint density at radius 1 is 0.765 bits per heavy atom. The van der Waals surface area contributed by atoms with Crippen LogP contribution in [-0.4, -0.2) is 64.8 Å². The molecule has 6 atom stereocenters. The first-order valence-electron chi connectivity index (χ1n) is 18.1. The summed E-state index contributed by atoms with van der Waals surface area (Å²) >= 11 is 0. The number of hydrogen-bond donors (Lipinski definition) is 0. The van der Waals surface area contributed by atoms with Crippen molar-refractivity contribution in [3.63, 3.8) is 0 Å². The van der Waals surface area contributed by atoms with E-state index in [0.29, 0.717) is 30.3 Å². The maximum atomic E-state index is 14.6. The maximum Gasteiger partial charge on any atom is 0.351 e. The second-order valence-corrected chi connectivity index (χ2v) is 17.1. The lowest BCUT2D eigenvalue weighted by molar-refractivity contribution is -0.217. The van der Waals surface area contributed by atoms with Crippen LogP contribution >= 0.6 is 0 Å². The molecule has 4 bridgehead atoms. The van der Waals surface area contributed by atoms with E-state index in [4.69, 9.17) is 28.1 Å². The van der Waals surface area contributed by atoms with Crippen LogP contribution in [0.2, 0.25) is 0 Å². The van der Waals surface area contributed by atoms with E-state index in [1.165, 1.54) is 0 Å². The van der Waals surface area contributed by atoms with Gasteiger partial charge in [0.25, 0.3) is 0 Å². The van der Waals surface area contributed by atoms with Gasteiger partial charge >= 0.3 is 29.5 Å². The number of hydrogen-bond acceptors (Lipinski definition) is 12. The molecule has 5 aliphatic rings. The van der Waals surface area contributed by atoms with E-state index >= 15 is 0 Å². The largest absolute Gasteiger partial charge is 0.483 e. The molecule has 0 N–H and O–H groups in total. The van der Waals surface area contributed by atoms with Gasteiger partial charge in [-0.3, -0.25) is 14.5 Å². The van der Waals surface area contributed by atoms with Gasteiger partial charge in [-0.1, -0.05) is 41.5 Å². The molecule has 276 valence electrons. The number of ether oxygens (including phenoxy) is 5. The number of nitrogens with zero attached hydrogens (tertiary/aromatic N) is 1. The fourth-order valence-corrected chi connectivity index (χ4v) is 9.39. The van der Waals surface area contributed by atoms with Crippen molar-refractivity contribution >= 4 is 34.8 Å². The van der Waals surface area contributed by atoms with Gasteiger partial charge in [-0.05, 0) is 84.7 Å². The number of carbonyl (C=O) groups excluding carboxylic acids is 4. The Hall–Kier alpha value is -3.93. The number of benzene rings is 1. The van der Waals surface area contributed by atoms with E-state index in [0.717, 1.165) is 13.1 Å². The molecule has 2 saturated carbocycles. The summed E-state index contributed by atoms with van der Waals surface area (Å²) in [4.78, 5) is 71.0. The van der Waals surface area contributed by atoms with Crippen molar-refractivity contribution < 1.29 is 47.3 Å². The minimum absolute atomic E-state index is 0.116. The molecule has 2 saturated heterocycles. The zero-order valence-corrected chi connectivity index (χ0v) is 31.3. The topological polar surface area (TPSA) is 148 Å². The summed E-state index contributed by atoms with van der Waals surface area (Å²) in [6.45, 7) is 20.2. The standard InChI is InChI=1S/C39H49NO11/c1-11-40(12-2)20-22-19-21-13-14-23-24(25(21)46-28(22)41)26(47-31(44)38-17-15-36(9,29(42)50-38)34(38,5)6)27(33(3,4)49-23)48-32(45)39-18-16-37(10,30(43)51-39)35(39,7)8/h13-14,19,26-27H,11-12,15-18,20H2,1-10H3/t26-,27-,36+,37+,38-,39-/m1/s1. The average Bonchev–Trinajstić information content (AvgIpc) is 3.52. The molecule has 51 heavy (non-hydrogen) atoms. The van der Waals surface area contributed by atoms with Gasteiger partial charge in [0.1, 0.15) is 16.9 Å². The van der Waals surface area contributed by atoms with Crippen molar-refractivity contribution in [2.75, 3.05) is 13.1 Å². The van der Waals surface area contributed by atoms with Crippen molar-refractivity contribution in [1.29, 1.82) is 0 Å². The molecule has 4 fully saturated rings. The molecule has 0 unspecified atom stereocenters. The zero-order valence-electron chi connectivity index (χ0n) is 31.3. The second kappa shape index (κ2) is 10.8. The highest BCUT2D eigenvalue weighted by Gasteiger charge is 2.78.